The smallest absolute Gasteiger partial charge is 0.191 e. The maximum atomic E-state index is 5.67. The number of guanidine groups is 1. The van der Waals surface area contributed by atoms with Crippen LogP contribution in [0.2, 0.25) is 0 Å². The van der Waals surface area contributed by atoms with Crippen molar-refractivity contribution in [3.63, 3.8) is 0 Å². The molecule has 1 aromatic heterocycles. The summed E-state index contributed by atoms with van der Waals surface area (Å²) in [5, 5.41) is 11.4. The van der Waals surface area contributed by atoms with Gasteiger partial charge in [-0.1, -0.05) is 6.07 Å². The van der Waals surface area contributed by atoms with Crippen molar-refractivity contribution in [1.29, 1.82) is 0 Å². The first-order valence-corrected chi connectivity index (χ1v) is 10.9. The molecule has 0 amide bonds. The minimum atomic E-state index is 0.312. The van der Waals surface area contributed by atoms with Gasteiger partial charge in [0.2, 0.25) is 0 Å². The molecule has 1 atom stereocenters. The van der Waals surface area contributed by atoms with E-state index in [0.717, 1.165) is 74.4 Å². The molecule has 1 unspecified atom stereocenters. The number of nitrogens with zero attached hydrogens (tertiary/aromatic N) is 4. The molecular weight excluding hydrogens is 380 g/mol. The van der Waals surface area contributed by atoms with Crippen molar-refractivity contribution in [2.45, 2.75) is 59.0 Å². The number of hydrogen-bond acceptors (Lipinski definition) is 5. The molecule has 1 aromatic carbocycles. The van der Waals surface area contributed by atoms with Crippen LogP contribution in [-0.2, 0) is 19.4 Å². The summed E-state index contributed by atoms with van der Waals surface area (Å²) in [6, 6.07) is 6.44. The molecule has 0 aliphatic carbocycles. The molecule has 30 heavy (non-hydrogen) atoms. The molecule has 0 saturated carbocycles. The van der Waals surface area contributed by atoms with E-state index < -0.39 is 0 Å². The fourth-order valence-electron chi connectivity index (χ4n) is 3.68. The van der Waals surface area contributed by atoms with E-state index in [2.05, 4.69) is 39.8 Å². The molecule has 8 nitrogen and oxygen atoms in total. The van der Waals surface area contributed by atoms with Gasteiger partial charge in [-0.15, -0.1) is 0 Å². The number of aryl methyl sites for hydroxylation is 3. The molecule has 1 aliphatic rings. The Kier molecular flexibility index (Phi) is 7.93. The van der Waals surface area contributed by atoms with Crippen LogP contribution in [0.4, 0.5) is 0 Å². The van der Waals surface area contributed by atoms with E-state index in [-0.39, 0.29) is 0 Å². The normalized spacial score (nSPS) is 16.1. The van der Waals surface area contributed by atoms with Gasteiger partial charge in [-0.3, -0.25) is 4.99 Å². The highest BCUT2D eigenvalue weighted by Gasteiger charge is 2.21. The second kappa shape index (κ2) is 10.8. The summed E-state index contributed by atoms with van der Waals surface area (Å²) in [5.74, 6) is 4.37. The highest BCUT2D eigenvalue weighted by atomic mass is 16.5. The Morgan fingerprint density at radius 3 is 2.93 bits per heavy atom. The highest BCUT2D eigenvalue weighted by Crippen LogP contribution is 2.28. The Balaban J connectivity index is 1.52. The van der Waals surface area contributed by atoms with E-state index in [0.29, 0.717) is 12.6 Å². The molecule has 3 rings (SSSR count). The standard InChI is InChI=1S/C22H34N6O2/c1-5-23-22(26-18-10-12-21-25-16(3)27-28(21)15-18)24-13-7-8-17-9-11-19(29-4)20(14-17)30-6-2/h9,11,14,18H,5-8,10,12-13,15H2,1-4H3,(H2,23,24,26). The first-order valence-electron chi connectivity index (χ1n) is 10.9. The molecule has 164 valence electrons. The molecule has 0 fully saturated rings. The minimum absolute atomic E-state index is 0.312. The lowest BCUT2D eigenvalue weighted by Gasteiger charge is -2.25. The van der Waals surface area contributed by atoms with Crippen LogP contribution >= 0.6 is 0 Å². The van der Waals surface area contributed by atoms with Gasteiger partial charge in [0.1, 0.15) is 11.6 Å². The maximum Gasteiger partial charge on any atom is 0.191 e. The predicted octanol–water partition coefficient (Wildman–Crippen LogP) is 2.50. The summed E-state index contributed by atoms with van der Waals surface area (Å²) in [7, 11) is 1.67. The van der Waals surface area contributed by atoms with Crippen LogP contribution in [0.5, 0.6) is 11.5 Å². The Labute approximate surface area is 179 Å². The summed E-state index contributed by atoms with van der Waals surface area (Å²) < 4.78 is 13.0. The summed E-state index contributed by atoms with van der Waals surface area (Å²) in [4.78, 5) is 9.25. The third-order valence-corrected chi connectivity index (χ3v) is 5.07. The number of hydrogen-bond donors (Lipinski definition) is 2. The van der Waals surface area contributed by atoms with Gasteiger partial charge < -0.3 is 20.1 Å². The Morgan fingerprint density at radius 1 is 1.30 bits per heavy atom. The third-order valence-electron chi connectivity index (χ3n) is 5.07. The van der Waals surface area contributed by atoms with E-state index >= 15 is 0 Å². The summed E-state index contributed by atoms with van der Waals surface area (Å²) in [5.41, 5.74) is 1.23. The van der Waals surface area contributed by atoms with Gasteiger partial charge in [0.25, 0.3) is 0 Å². The minimum Gasteiger partial charge on any atom is -0.493 e. The lowest BCUT2D eigenvalue weighted by Crippen LogP contribution is -2.47. The molecule has 2 heterocycles. The average molecular weight is 415 g/mol. The monoisotopic (exact) mass is 414 g/mol. The number of rotatable bonds is 9. The van der Waals surface area contributed by atoms with Gasteiger partial charge in [-0.2, -0.15) is 5.10 Å². The molecule has 0 saturated heterocycles. The molecule has 0 radical (unpaired) electrons. The molecule has 0 spiro atoms. The second-order valence-electron chi connectivity index (χ2n) is 7.42. The number of aromatic nitrogens is 3. The Morgan fingerprint density at radius 2 is 2.17 bits per heavy atom. The van der Waals surface area contributed by atoms with Crippen molar-refractivity contribution in [3.8, 4) is 11.5 Å². The van der Waals surface area contributed by atoms with Gasteiger partial charge in [0.15, 0.2) is 17.5 Å². The zero-order valence-electron chi connectivity index (χ0n) is 18.6. The Bertz CT molecular complexity index is 848. The number of ether oxygens (including phenoxy) is 2. The Hall–Kier alpha value is -2.77. The van der Waals surface area contributed by atoms with Crippen LogP contribution in [-0.4, -0.2) is 53.6 Å². The molecule has 2 aromatic rings. The number of benzene rings is 1. The zero-order valence-corrected chi connectivity index (χ0v) is 18.6. The SMILES string of the molecule is CCNC(=NCCCc1ccc(OC)c(OCC)c1)NC1CCc2nc(C)nn2C1. The number of fused-ring (bicyclic) bond motifs is 1. The number of nitrogens with one attached hydrogen (secondary N) is 2. The van der Waals surface area contributed by atoms with Gasteiger partial charge in [-0.05, 0) is 57.7 Å². The van der Waals surface area contributed by atoms with Gasteiger partial charge in [0.05, 0.1) is 20.3 Å². The summed E-state index contributed by atoms with van der Waals surface area (Å²) in [6.07, 6.45) is 3.88. The van der Waals surface area contributed by atoms with Crippen molar-refractivity contribution in [3.05, 3.63) is 35.4 Å². The first kappa shape index (κ1) is 21.9. The van der Waals surface area contributed by atoms with Crippen LogP contribution in [0.15, 0.2) is 23.2 Å². The lowest BCUT2D eigenvalue weighted by atomic mass is 10.1. The van der Waals surface area contributed by atoms with Crippen LogP contribution in [0.25, 0.3) is 0 Å². The van der Waals surface area contributed by atoms with Crippen LogP contribution in [0.1, 0.15) is 43.9 Å². The van der Waals surface area contributed by atoms with Crippen molar-refractivity contribution in [2.75, 3.05) is 26.8 Å². The molecular formula is C22H34N6O2. The first-order chi connectivity index (χ1) is 14.6. The summed E-state index contributed by atoms with van der Waals surface area (Å²) >= 11 is 0. The van der Waals surface area contributed by atoms with Crippen LogP contribution < -0.4 is 20.1 Å². The van der Waals surface area contributed by atoms with Gasteiger partial charge in [-0.25, -0.2) is 9.67 Å². The second-order valence-corrected chi connectivity index (χ2v) is 7.42. The van der Waals surface area contributed by atoms with Gasteiger partial charge in [0, 0.05) is 25.6 Å². The number of aliphatic imine (C=N–C) groups is 1. The van der Waals surface area contributed by atoms with E-state index in [9.17, 15) is 0 Å². The lowest BCUT2D eigenvalue weighted by molar-refractivity contribution is 0.310. The van der Waals surface area contributed by atoms with Crippen molar-refractivity contribution in [2.24, 2.45) is 4.99 Å². The zero-order chi connectivity index (χ0) is 21.3. The number of methoxy groups -OCH3 is 1. The van der Waals surface area contributed by atoms with Crippen LogP contribution in [0, 0.1) is 6.92 Å². The van der Waals surface area contributed by atoms with Gasteiger partial charge >= 0.3 is 0 Å². The maximum absolute atomic E-state index is 5.67. The predicted molar refractivity (Wildman–Crippen MR) is 118 cm³/mol. The highest BCUT2D eigenvalue weighted by molar-refractivity contribution is 5.80. The summed E-state index contributed by atoms with van der Waals surface area (Å²) in [6.45, 7) is 9.05. The molecule has 0 bridgehead atoms. The molecule has 8 heteroatoms. The third kappa shape index (κ3) is 5.87. The molecule has 2 N–H and O–H groups in total. The largest absolute Gasteiger partial charge is 0.493 e. The van der Waals surface area contributed by atoms with E-state index in [1.54, 1.807) is 7.11 Å². The average Bonchev–Trinajstić information content (AvgIpc) is 3.11. The van der Waals surface area contributed by atoms with Crippen LogP contribution in [0.3, 0.4) is 0 Å². The fourth-order valence-corrected chi connectivity index (χ4v) is 3.68. The van der Waals surface area contributed by atoms with E-state index in [4.69, 9.17) is 14.5 Å². The van der Waals surface area contributed by atoms with Crippen molar-refractivity contribution in [1.82, 2.24) is 25.4 Å². The van der Waals surface area contributed by atoms with E-state index in [1.165, 1.54) is 5.56 Å². The topological polar surface area (TPSA) is 85.6 Å². The van der Waals surface area contributed by atoms with Crippen molar-refractivity contribution < 1.29 is 9.47 Å². The quantitative estimate of drug-likeness (QED) is 0.373. The van der Waals surface area contributed by atoms with E-state index in [1.807, 2.05) is 24.6 Å². The van der Waals surface area contributed by atoms with Crippen molar-refractivity contribution >= 4 is 5.96 Å². The fraction of sp³-hybridized carbons (Fsp3) is 0.591. The molecule has 1 aliphatic heterocycles.